The molecule has 0 aromatic carbocycles. The molecule has 1 saturated heterocycles. The molecule has 0 spiro atoms. The van der Waals surface area contributed by atoms with Crippen molar-refractivity contribution in [2.45, 2.75) is 22.9 Å². The van der Waals surface area contributed by atoms with Crippen molar-refractivity contribution in [3.8, 4) is 0 Å². The van der Waals surface area contributed by atoms with Crippen molar-refractivity contribution in [2.24, 2.45) is 13.0 Å². The van der Waals surface area contributed by atoms with E-state index in [0.29, 0.717) is 24.7 Å². The number of aromatic nitrogens is 3. The summed E-state index contributed by atoms with van der Waals surface area (Å²) in [6.07, 6.45) is 0.965. The second kappa shape index (κ2) is 7.69. The first kappa shape index (κ1) is 19.4. The van der Waals surface area contributed by atoms with Crippen molar-refractivity contribution >= 4 is 21.8 Å². The summed E-state index contributed by atoms with van der Waals surface area (Å²) in [4.78, 5) is 2.01. The van der Waals surface area contributed by atoms with Gasteiger partial charge in [0, 0.05) is 40.2 Å². The molecule has 1 N–H and O–H groups in total. The third-order valence-corrected chi connectivity index (χ3v) is 7.28. The molecule has 26 heavy (non-hydrogen) atoms. The van der Waals surface area contributed by atoms with Crippen molar-refractivity contribution in [1.82, 2.24) is 24.0 Å². The van der Waals surface area contributed by atoms with Crippen LogP contribution in [0, 0.1) is 5.92 Å². The summed E-state index contributed by atoms with van der Waals surface area (Å²) in [6.45, 7) is 1.47. The lowest BCUT2D eigenvalue weighted by atomic mass is 10.1. The number of hydrogen-bond donors (Lipinski definition) is 1. The monoisotopic (exact) mass is 401 g/mol. The third kappa shape index (κ3) is 4.46. The molecule has 0 aliphatic carbocycles. The Morgan fingerprint density at radius 3 is 2.81 bits per heavy atom. The summed E-state index contributed by atoms with van der Waals surface area (Å²) >= 11 is 1.38. The van der Waals surface area contributed by atoms with E-state index in [0.717, 1.165) is 10.9 Å². The average molecular weight is 402 g/mol. The molecule has 0 saturated carbocycles. The van der Waals surface area contributed by atoms with E-state index in [1.165, 1.54) is 30.2 Å². The van der Waals surface area contributed by atoms with E-state index < -0.39 is 16.1 Å². The minimum atomic E-state index is -3.34. The fraction of sp³-hybridized carbons (Fsp3) is 0.600. The van der Waals surface area contributed by atoms with E-state index in [1.54, 1.807) is 10.9 Å². The Labute approximate surface area is 157 Å². The fourth-order valence-corrected chi connectivity index (χ4v) is 4.74. The van der Waals surface area contributed by atoms with Gasteiger partial charge in [0.05, 0.1) is 18.4 Å². The number of β-amino-alcohol motifs (C(OH)–C–C–N with tert-alkyl or cyclic N) is 1. The third-order valence-electron chi connectivity index (χ3n) is 4.34. The number of hydrogen-bond acceptors (Lipinski definition) is 8. The summed E-state index contributed by atoms with van der Waals surface area (Å²) in [5.74, 6) is 0.408. The number of likely N-dealkylation sites (tertiary alicyclic amines) is 1. The van der Waals surface area contributed by atoms with Crippen LogP contribution >= 0.6 is 11.8 Å². The van der Waals surface area contributed by atoms with Gasteiger partial charge in [-0.05, 0) is 23.9 Å². The van der Waals surface area contributed by atoms with Crippen molar-refractivity contribution in [2.75, 3.05) is 32.9 Å². The highest BCUT2D eigenvalue weighted by Crippen LogP contribution is 2.28. The van der Waals surface area contributed by atoms with Crippen LogP contribution in [0.3, 0.4) is 0 Å². The van der Waals surface area contributed by atoms with E-state index >= 15 is 0 Å². The Kier molecular flexibility index (Phi) is 5.72. The first-order chi connectivity index (χ1) is 12.2. The smallest absolute Gasteiger partial charge is 0.214 e. The van der Waals surface area contributed by atoms with Gasteiger partial charge in [-0.3, -0.25) is 4.90 Å². The molecule has 1 aliphatic rings. The SMILES string of the molecule is CN(C)S(=O)(=O)C[C@@H]1CN(Cc2ccc(Sc3nncn3C)o2)C[C@H]1O. The molecular weight excluding hydrogens is 378 g/mol. The van der Waals surface area contributed by atoms with Gasteiger partial charge in [-0.2, -0.15) is 0 Å². The molecule has 2 aromatic rings. The lowest BCUT2D eigenvalue weighted by molar-refractivity contribution is 0.147. The normalized spacial score (nSPS) is 21.7. The Balaban J connectivity index is 1.58. The van der Waals surface area contributed by atoms with Crippen molar-refractivity contribution < 1.29 is 17.9 Å². The topological polar surface area (TPSA) is 105 Å². The van der Waals surface area contributed by atoms with E-state index in [4.69, 9.17) is 4.42 Å². The van der Waals surface area contributed by atoms with Crippen LogP contribution in [-0.2, 0) is 23.6 Å². The van der Waals surface area contributed by atoms with Gasteiger partial charge in [-0.15, -0.1) is 10.2 Å². The van der Waals surface area contributed by atoms with Crippen LogP contribution in [0.4, 0.5) is 0 Å². The highest BCUT2D eigenvalue weighted by Gasteiger charge is 2.35. The Morgan fingerprint density at radius 1 is 1.38 bits per heavy atom. The van der Waals surface area contributed by atoms with Gasteiger partial charge < -0.3 is 14.1 Å². The highest BCUT2D eigenvalue weighted by atomic mass is 32.2. The molecule has 0 bridgehead atoms. The van der Waals surface area contributed by atoms with Gasteiger partial charge in [0.15, 0.2) is 10.2 Å². The molecule has 144 valence electrons. The Morgan fingerprint density at radius 2 is 2.15 bits per heavy atom. The molecule has 0 radical (unpaired) electrons. The van der Waals surface area contributed by atoms with Crippen LogP contribution in [-0.4, -0.2) is 76.5 Å². The zero-order valence-corrected chi connectivity index (χ0v) is 16.6. The van der Waals surface area contributed by atoms with Crippen LogP contribution in [0.15, 0.2) is 33.1 Å². The van der Waals surface area contributed by atoms with Crippen LogP contribution in [0.25, 0.3) is 0 Å². The van der Waals surface area contributed by atoms with Crippen LogP contribution in [0.5, 0.6) is 0 Å². The Hall–Kier alpha value is -1.40. The second-order valence-electron chi connectivity index (χ2n) is 6.63. The minimum absolute atomic E-state index is 0.0525. The maximum Gasteiger partial charge on any atom is 0.214 e. The molecule has 3 rings (SSSR count). The number of rotatable bonds is 7. The summed E-state index contributed by atoms with van der Waals surface area (Å²) in [5.41, 5.74) is 0. The van der Waals surface area contributed by atoms with Gasteiger partial charge >= 0.3 is 0 Å². The van der Waals surface area contributed by atoms with Crippen LogP contribution in [0.1, 0.15) is 5.76 Å². The van der Waals surface area contributed by atoms with Crippen molar-refractivity contribution in [3.05, 3.63) is 24.2 Å². The number of aryl methyl sites for hydroxylation is 1. The molecule has 9 nitrogen and oxygen atoms in total. The zero-order chi connectivity index (χ0) is 18.9. The largest absolute Gasteiger partial charge is 0.453 e. The zero-order valence-electron chi connectivity index (χ0n) is 14.9. The van der Waals surface area contributed by atoms with E-state index in [-0.39, 0.29) is 11.7 Å². The van der Waals surface area contributed by atoms with Gasteiger partial charge in [-0.25, -0.2) is 12.7 Å². The number of aliphatic hydroxyl groups is 1. The Bertz CT molecular complexity index is 848. The summed E-state index contributed by atoms with van der Waals surface area (Å²) in [5, 5.41) is 19.5. The summed E-state index contributed by atoms with van der Waals surface area (Å²) in [7, 11) is 1.54. The van der Waals surface area contributed by atoms with E-state index in [1.807, 2.05) is 24.1 Å². The lowest BCUT2D eigenvalue weighted by Gasteiger charge is -2.17. The second-order valence-corrected chi connectivity index (χ2v) is 9.83. The fourth-order valence-electron chi connectivity index (χ4n) is 2.83. The lowest BCUT2D eigenvalue weighted by Crippen LogP contribution is -2.33. The number of aliphatic hydroxyl groups excluding tert-OH is 1. The molecule has 3 heterocycles. The maximum absolute atomic E-state index is 12.0. The maximum atomic E-state index is 12.0. The molecule has 1 aliphatic heterocycles. The minimum Gasteiger partial charge on any atom is -0.453 e. The molecule has 11 heteroatoms. The van der Waals surface area contributed by atoms with Gasteiger partial charge in [0.2, 0.25) is 10.0 Å². The summed E-state index contributed by atoms with van der Waals surface area (Å²) < 4.78 is 32.9. The predicted molar refractivity (Wildman–Crippen MR) is 96.1 cm³/mol. The van der Waals surface area contributed by atoms with Crippen LogP contribution < -0.4 is 0 Å². The standard InChI is InChI=1S/C15H23N5O4S2/c1-18(2)26(22,23)9-11-6-20(8-13(11)21)7-12-4-5-14(24-12)25-15-17-16-10-19(15)3/h4-5,10-11,13,21H,6-9H2,1-3H3/t11-,13+/m0/s1. The molecule has 2 aromatic heterocycles. The number of nitrogens with zero attached hydrogens (tertiary/aromatic N) is 5. The quantitative estimate of drug-likeness (QED) is 0.704. The van der Waals surface area contributed by atoms with Gasteiger partial charge in [-0.1, -0.05) is 0 Å². The van der Waals surface area contributed by atoms with Crippen molar-refractivity contribution in [3.63, 3.8) is 0 Å². The molecule has 0 unspecified atom stereocenters. The van der Waals surface area contributed by atoms with Gasteiger partial charge in [0.1, 0.15) is 12.1 Å². The average Bonchev–Trinajstić information content (AvgIpc) is 3.24. The number of sulfonamides is 1. The van der Waals surface area contributed by atoms with E-state index in [9.17, 15) is 13.5 Å². The molecule has 2 atom stereocenters. The molecular formula is C15H23N5O4S2. The van der Waals surface area contributed by atoms with Crippen LogP contribution in [0.2, 0.25) is 0 Å². The molecule has 0 amide bonds. The highest BCUT2D eigenvalue weighted by molar-refractivity contribution is 7.99. The van der Waals surface area contributed by atoms with Gasteiger partial charge in [0.25, 0.3) is 0 Å². The first-order valence-corrected chi connectivity index (χ1v) is 10.6. The predicted octanol–water partition coefficient (Wildman–Crippen LogP) is 0.243. The summed E-state index contributed by atoms with van der Waals surface area (Å²) in [6, 6.07) is 3.75. The van der Waals surface area contributed by atoms with Crippen molar-refractivity contribution in [1.29, 1.82) is 0 Å². The first-order valence-electron chi connectivity index (χ1n) is 8.16. The number of furan rings is 1. The van der Waals surface area contributed by atoms with E-state index in [2.05, 4.69) is 10.2 Å². The molecule has 1 fully saturated rings.